The van der Waals surface area contributed by atoms with Crippen LogP contribution in [0.1, 0.15) is 21.5 Å². The number of hydrogen-bond donors (Lipinski definition) is 1. The minimum atomic E-state index is -0.462. The van der Waals surface area contributed by atoms with E-state index in [-0.39, 0.29) is 10.9 Å². The molecule has 0 atom stereocenters. The molecule has 0 saturated carbocycles. The van der Waals surface area contributed by atoms with E-state index >= 15 is 0 Å². The molecule has 1 saturated heterocycles. The van der Waals surface area contributed by atoms with E-state index in [4.69, 9.17) is 38.0 Å². The third-order valence-corrected chi connectivity index (χ3v) is 7.71. The summed E-state index contributed by atoms with van der Waals surface area (Å²) in [6, 6.07) is 17.6. The molecule has 0 aliphatic carbocycles. The number of amides is 2. The van der Waals surface area contributed by atoms with Gasteiger partial charge in [0.1, 0.15) is 12.4 Å². The molecule has 1 aliphatic rings. The van der Waals surface area contributed by atoms with Crippen molar-refractivity contribution in [3.8, 4) is 17.2 Å². The monoisotopic (exact) mass is 666 g/mol. The molecule has 3 aromatic rings. The molecule has 2 amide bonds. The van der Waals surface area contributed by atoms with Crippen LogP contribution in [0.5, 0.6) is 17.2 Å². The Morgan fingerprint density at radius 1 is 1.14 bits per heavy atom. The van der Waals surface area contributed by atoms with E-state index in [1.54, 1.807) is 56.7 Å². The Hall–Kier alpha value is -2.80. The van der Waals surface area contributed by atoms with Gasteiger partial charge in [0, 0.05) is 16.1 Å². The van der Waals surface area contributed by atoms with Gasteiger partial charge >= 0.3 is 0 Å². The molecular weight excluding hydrogens is 647 g/mol. The largest absolute Gasteiger partial charge is 0.497 e. The number of ether oxygens (including phenoxy) is 3. The molecular formula is C26H20ClIN2O5S2. The number of nitrogens with zero attached hydrogens (tertiary/aromatic N) is 1. The number of halogens is 2. The van der Waals surface area contributed by atoms with Crippen molar-refractivity contribution in [2.24, 2.45) is 0 Å². The maximum absolute atomic E-state index is 13.0. The minimum Gasteiger partial charge on any atom is -0.497 e. The molecule has 11 heteroatoms. The number of hydrazine groups is 1. The summed E-state index contributed by atoms with van der Waals surface area (Å²) in [5.74, 6) is 0.810. The number of methoxy groups -OCH3 is 2. The Labute approximate surface area is 242 Å². The van der Waals surface area contributed by atoms with Crippen molar-refractivity contribution >= 4 is 80.4 Å². The second-order valence-electron chi connectivity index (χ2n) is 7.60. The lowest BCUT2D eigenvalue weighted by Crippen LogP contribution is -2.44. The van der Waals surface area contributed by atoms with Crippen LogP contribution in [-0.4, -0.2) is 35.4 Å². The normalized spacial score (nSPS) is 14.2. The number of carbonyl (C=O) groups excluding carboxylic acids is 2. The molecule has 1 aliphatic heterocycles. The number of hydrogen-bond acceptors (Lipinski definition) is 7. The molecule has 1 fully saturated rings. The molecule has 0 radical (unpaired) electrons. The highest BCUT2D eigenvalue weighted by atomic mass is 127. The van der Waals surface area contributed by atoms with Crippen LogP contribution in [0.15, 0.2) is 65.6 Å². The number of rotatable bonds is 8. The lowest BCUT2D eigenvalue weighted by atomic mass is 10.1. The van der Waals surface area contributed by atoms with Gasteiger partial charge < -0.3 is 14.2 Å². The number of thioether (sulfide) groups is 1. The Morgan fingerprint density at radius 2 is 1.86 bits per heavy atom. The SMILES string of the molecule is COc1ccc(C(=O)NN2C(=O)/C(=C\c3cc(I)c(OCc4ccccc4Cl)c(OC)c3)SC2=S)cc1. The average Bonchev–Trinajstić information content (AvgIpc) is 3.15. The number of thiocarbonyl (C=S) groups is 1. The van der Waals surface area contributed by atoms with Gasteiger partial charge in [-0.1, -0.05) is 41.6 Å². The Kier molecular flexibility index (Phi) is 8.95. The predicted octanol–water partition coefficient (Wildman–Crippen LogP) is 6.09. The van der Waals surface area contributed by atoms with Crippen molar-refractivity contribution in [3.05, 3.63) is 90.9 Å². The maximum Gasteiger partial charge on any atom is 0.285 e. The van der Waals surface area contributed by atoms with Gasteiger partial charge in [0.05, 0.1) is 22.7 Å². The Bertz CT molecular complexity index is 1400. The van der Waals surface area contributed by atoms with Crippen LogP contribution in [-0.2, 0) is 11.4 Å². The van der Waals surface area contributed by atoms with E-state index < -0.39 is 11.8 Å². The van der Waals surface area contributed by atoms with Crippen LogP contribution >= 0.6 is 58.2 Å². The molecule has 1 N–H and O–H groups in total. The van der Waals surface area contributed by atoms with Gasteiger partial charge in [-0.15, -0.1) is 0 Å². The zero-order chi connectivity index (χ0) is 26.5. The first-order chi connectivity index (χ1) is 17.8. The summed E-state index contributed by atoms with van der Waals surface area (Å²) in [6.45, 7) is 0.276. The molecule has 3 aromatic carbocycles. The number of nitrogens with one attached hydrogen (secondary N) is 1. The summed E-state index contributed by atoms with van der Waals surface area (Å²) >= 11 is 14.8. The Morgan fingerprint density at radius 3 is 2.54 bits per heavy atom. The summed E-state index contributed by atoms with van der Waals surface area (Å²) < 4.78 is 17.7. The number of carbonyl (C=O) groups is 2. The first kappa shape index (κ1) is 27.2. The standard InChI is InChI=1S/C26H20ClIN2O5S2/c1-33-18-9-7-16(8-10-18)24(31)29-30-25(32)22(37-26(30)36)13-15-11-20(28)23(21(12-15)34-2)35-14-17-5-3-4-6-19(17)27/h3-13H,14H2,1-2H3,(H,29,31)/b22-13+. The van der Waals surface area contributed by atoms with Crippen molar-refractivity contribution in [1.29, 1.82) is 0 Å². The summed E-state index contributed by atoms with van der Waals surface area (Å²) in [5, 5.41) is 1.69. The van der Waals surface area contributed by atoms with Gasteiger partial charge in [0.15, 0.2) is 15.8 Å². The highest BCUT2D eigenvalue weighted by Gasteiger charge is 2.34. The fourth-order valence-corrected chi connectivity index (χ4v) is 5.50. The number of benzene rings is 3. The molecule has 1 heterocycles. The van der Waals surface area contributed by atoms with Gasteiger partial charge in [-0.3, -0.25) is 15.0 Å². The second kappa shape index (κ2) is 12.2. The van der Waals surface area contributed by atoms with Crippen LogP contribution < -0.4 is 19.6 Å². The molecule has 4 rings (SSSR count). The van der Waals surface area contributed by atoms with Gasteiger partial charge in [-0.05, 0) is 88.9 Å². The first-order valence-electron chi connectivity index (χ1n) is 10.8. The van der Waals surface area contributed by atoms with Gasteiger partial charge in [0.25, 0.3) is 11.8 Å². The highest BCUT2D eigenvalue weighted by Crippen LogP contribution is 2.37. The van der Waals surface area contributed by atoms with Gasteiger partial charge in [-0.25, -0.2) is 0 Å². The van der Waals surface area contributed by atoms with E-state index in [1.165, 1.54) is 0 Å². The van der Waals surface area contributed by atoms with Crippen LogP contribution in [0.4, 0.5) is 0 Å². The zero-order valence-corrected chi connectivity index (χ0v) is 24.2. The zero-order valence-electron chi connectivity index (χ0n) is 19.6. The average molecular weight is 667 g/mol. The van der Waals surface area contributed by atoms with Crippen molar-refractivity contribution in [2.75, 3.05) is 14.2 Å². The van der Waals surface area contributed by atoms with Gasteiger partial charge in [-0.2, -0.15) is 5.01 Å². The fourth-order valence-electron chi connectivity index (χ4n) is 3.35. The van der Waals surface area contributed by atoms with E-state index in [9.17, 15) is 9.59 Å². The summed E-state index contributed by atoms with van der Waals surface area (Å²) in [6.07, 6.45) is 1.70. The van der Waals surface area contributed by atoms with Crippen LogP contribution in [0.3, 0.4) is 0 Å². The molecule has 37 heavy (non-hydrogen) atoms. The highest BCUT2D eigenvalue weighted by molar-refractivity contribution is 14.1. The van der Waals surface area contributed by atoms with E-state index in [1.807, 2.05) is 24.3 Å². The lowest BCUT2D eigenvalue weighted by Gasteiger charge is -2.16. The summed E-state index contributed by atoms with van der Waals surface area (Å²) in [4.78, 5) is 26.0. The van der Waals surface area contributed by atoms with Crippen LogP contribution in [0.25, 0.3) is 6.08 Å². The summed E-state index contributed by atoms with van der Waals surface area (Å²) in [7, 11) is 3.09. The second-order valence-corrected chi connectivity index (χ2v) is 10.8. The topological polar surface area (TPSA) is 77.1 Å². The molecule has 0 aromatic heterocycles. The first-order valence-corrected chi connectivity index (χ1v) is 13.5. The molecule has 0 bridgehead atoms. The maximum atomic E-state index is 13.0. The van der Waals surface area contributed by atoms with Gasteiger partial charge in [0.2, 0.25) is 0 Å². The van der Waals surface area contributed by atoms with Crippen LogP contribution in [0, 0.1) is 3.57 Å². The van der Waals surface area contributed by atoms with Crippen molar-refractivity contribution in [1.82, 2.24) is 10.4 Å². The predicted molar refractivity (Wildman–Crippen MR) is 157 cm³/mol. The van der Waals surface area contributed by atoms with E-state index in [0.717, 1.165) is 25.9 Å². The lowest BCUT2D eigenvalue weighted by molar-refractivity contribution is -0.123. The van der Waals surface area contributed by atoms with Crippen molar-refractivity contribution in [2.45, 2.75) is 6.61 Å². The van der Waals surface area contributed by atoms with Crippen LogP contribution in [0.2, 0.25) is 5.02 Å². The third kappa shape index (κ3) is 6.38. The summed E-state index contributed by atoms with van der Waals surface area (Å²) in [5.41, 5.74) is 4.51. The smallest absolute Gasteiger partial charge is 0.285 e. The van der Waals surface area contributed by atoms with E-state index in [0.29, 0.717) is 38.3 Å². The van der Waals surface area contributed by atoms with Crippen molar-refractivity contribution < 1.29 is 23.8 Å². The quantitative estimate of drug-likeness (QED) is 0.177. The molecule has 190 valence electrons. The third-order valence-electron chi connectivity index (χ3n) is 5.24. The van der Waals surface area contributed by atoms with E-state index in [2.05, 4.69) is 28.0 Å². The molecule has 7 nitrogen and oxygen atoms in total. The minimum absolute atomic E-state index is 0.222. The molecule has 0 spiro atoms. The van der Waals surface area contributed by atoms with Crippen molar-refractivity contribution in [3.63, 3.8) is 0 Å². The fraction of sp³-hybridized carbons (Fsp3) is 0.115. The molecule has 0 unspecified atom stereocenters. The Balaban J connectivity index is 1.50.